The molecule has 0 aliphatic heterocycles. The highest BCUT2D eigenvalue weighted by Gasteiger charge is 2.13. The normalized spacial score (nSPS) is 10.7. The van der Waals surface area contributed by atoms with Crippen LogP contribution < -0.4 is 14.8 Å². The van der Waals surface area contributed by atoms with Crippen LogP contribution >= 0.6 is 0 Å². The van der Waals surface area contributed by atoms with Gasteiger partial charge in [-0.25, -0.2) is 4.98 Å². The first-order chi connectivity index (χ1) is 14.2. The molecule has 1 N–H and O–H groups in total. The minimum absolute atomic E-state index is 0.215. The molecule has 6 nitrogen and oxygen atoms in total. The summed E-state index contributed by atoms with van der Waals surface area (Å²) in [7, 11) is 3.09. The topological polar surface area (TPSA) is 73.6 Å². The number of carbonyl (C=O) groups is 1. The van der Waals surface area contributed by atoms with Crippen molar-refractivity contribution >= 4 is 17.0 Å². The van der Waals surface area contributed by atoms with Crippen molar-refractivity contribution in [2.45, 2.75) is 6.54 Å². The predicted octanol–water partition coefficient (Wildman–Crippen LogP) is 4.44. The maximum atomic E-state index is 12.5. The molecular formula is C23H20N2O4. The van der Waals surface area contributed by atoms with E-state index >= 15 is 0 Å². The van der Waals surface area contributed by atoms with Gasteiger partial charge in [0.05, 0.1) is 19.8 Å². The minimum Gasteiger partial charge on any atom is -0.497 e. The van der Waals surface area contributed by atoms with Gasteiger partial charge in [-0.15, -0.1) is 0 Å². The monoisotopic (exact) mass is 388 g/mol. The van der Waals surface area contributed by atoms with Crippen LogP contribution in [-0.4, -0.2) is 25.1 Å². The summed E-state index contributed by atoms with van der Waals surface area (Å²) in [6.07, 6.45) is 0. The highest BCUT2D eigenvalue weighted by atomic mass is 16.5. The van der Waals surface area contributed by atoms with Crippen molar-refractivity contribution in [1.82, 2.24) is 10.3 Å². The Morgan fingerprint density at radius 2 is 1.79 bits per heavy atom. The van der Waals surface area contributed by atoms with E-state index in [1.165, 1.54) is 7.11 Å². The number of nitrogens with one attached hydrogen (secondary N) is 1. The van der Waals surface area contributed by atoms with E-state index in [1.807, 2.05) is 48.5 Å². The fourth-order valence-corrected chi connectivity index (χ4v) is 3.02. The fourth-order valence-electron chi connectivity index (χ4n) is 3.02. The zero-order valence-electron chi connectivity index (χ0n) is 16.1. The Morgan fingerprint density at radius 3 is 2.52 bits per heavy atom. The van der Waals surface area contributed by atoms with E-state index in [4.69, 9.17) is 13.9 Å². The summed E-state index contributed by atoms with van der Waals surface area (Å²) in [6.45, 7) is 0.391. The Bertz CT molecular complexity index is 1120. The van der Waals surface area contributed by atoms with Gasteiger partial charge in [-0.2, -0.15) is 0 Å². The SMILES string of the molecule is COc1ccc(C(=O)NCc2ccc(-c3nc4ccccc4o3)cc2)c(OC)c1. The summed E-state index contributed by atoms with van der Waals surface area (Å²) in [5, 5.41) is 2.91. The van der Waals surface area contributed by atoms with Gasteiger partial charge in [0.15, 0.2) is 5.58 Å². The summed E-state index contributed by atoms with van der Waals surface area (Å²) >= 11 is 0. The Labute approximate surface area is 168 Å². The van der Waals surface area contributed by atoms with Crippen LogP contribution in [0, 0.1) is 0 Å². The van der Waals surface area contributed by atoms with E-state index < -0.39 is 0 Å². The third-order valence-corrected chi connectivity index (χ3v) is 4.60. The molecule has 0 saturated carbocycles. The number of ether oxygens (including phenoxy) is 2. The van der Waals surface area contributed by atoms with Crippen molar-refractivity contribution in [1.29, 1.82) is 0 Å². The van der Waals surface area contributed by atoms with E-state index in [1.54, 1.807) is 25.3 Å². The first-order valence-electron chi connectivity index (χ1n) is 9.13. The van der Waals surface area contributed by atoms with E-state index in [9.17, 15) is 4.79 Å². The van der Waals surface area contributed by atoms with E-state index in [0.29, 0.717) is 29.5 Å². The van der Waals surface area contributed by atoms with Crippen LogP contribution in [0.4, 0.5) is 0 Å². The molecule has 0 aliphatic rings. The number of carbonyl (C=O) groups excluding carboxylic acids is 1. The largest absolute Gasteiger partial charge is 0.497 e. The number of hydrogen-bond donors (Lipinski definition) is 1. The number of benzene rings is 3. The first kappa shape index (κ1) is 18.6. The van der Waals surface area contributed by atoms with Crippen LogP contribution in [0.25, 0.3) is 22.6 Å². The molecule has 0 saturated heterocycles. The van der Waals surface area contributed by atoms with Crippen LogP contribution in [0.1, 0.15) is 15.9 Å². The van der Waals surface area contributed by atoms with Crippen molar-refractivity contribution in [2.75, 3.05) is 14.2 Å². The van der Waals surface area contributed by atoms with Crippen molar-refractivity contribution in [2.24, 2.45) is 0 Å². The molecule has 146 valence electrons. The number of para-hydroxylation sites is 2. The Morgan fingerprint density at radius 1 is 1.00 bits per heavy atom. The van der Waals surface area contributed by atoms with Crippen LogP contribution in [-0.2, 0) is 6.54 Å². The molecule has 6 heteroatoms. The highest BCUT2D eigenvalue weighted by Crippen LogP contribution is 2.25. The summed E-state index contributed by atoms with van der Waals surface area (Å²) in [4.78, 5) is 17.0. The quantitative estimate of drug-likeness (QED) is 0.529. The molecule has 0 bridgehead atoms. The van der Waals surface area contributed by atoms with Gasteiger partial charge >= 0.3 is 0 Å². The average Bonchev–Trinajstić information content (AvgIpc) is 3.21. The predicted molar refractivity (Wildman–Crippen MR) is 110 cm³/mol. The molecule has 0 fully saturated rings. The molecule has 4 aromatic rings. The molecular weight excluding hydrogens is 368 g/mol. The van der Waals surface area contributed by atoms with Crippen LogP contribution in [0.15, 0.2) is 71.1 Å². The molecule has 0 unspecified atom stereocenters. The highest BCUT2D eigenvalue weighted by molar-refractivity contribution is 5.97. The third-order valence-electron chi connectivity index (χ3n) is 4.60. The van der Waals surface area contributed by atoms with E-state index in [2.05, 4.69) is 10.3 Å². The van der Waals surface area contributed by atoms with Gasteiger partial charge in [-0.1, -0.05) is 24.3 Å². The summed E-state index contributed by atoms with van der Waals surface area (Å²) in [5.41, 5.74) is 3.88. The summed E-state index contributed by atoms with van der Waals surface area (Å²) < 4.78 is 16.2. The van der Waals surface area contributed by atoms with E-state index in [0.717, 1.165) is 22.2 Å². The minimum atomic E-state index is -0.215. The standard InChI is InChI=1S/C23H20N2O4/c1-27-17-11-12-18(21(13-17)28-2)22(26)24-14-15-7-9-16(10-8-15)23-25-19-5-3-4-6-20(19)29-23/h3-13H,14H2,1-2H3,(H,24,26). The van der Waals surface area contributed by atoms with Crippen molar-refractivity contribution < 1.29 is 18.7 Å². The smallest absolute Gasteiger partial charge is 0.255 e. The van der Waals surface area contributed by atoms with Crippen molar-refractivity contribution in [3.63, 3.8) is 0 Å². The second kappa shape index (κ2) is 8.06. The number of hydrogen-bond acceptors (Lipinski definition) is 5. The number of nitrogens with zero attached hydrogens (tertiary/aromatic N) is 1. The second-order valence-electron chi connectivity index (χ2n) is 6.43. The molecule has 0 aliphatic carbocycles. The second-order valence-corrected chi connectivity index (χ2v) is 6.43. The number of fused-ring (bicyclic) bond motifs is 1. The molecule has 0 atom stereocenters. The van der Waals surface area contributed by atoms with Crippen LogP contribution in [0.2, 0.25) is 0 Å². The third kappa shape index (κ3) is 3.91. The van der Waals surface area contributed by atoms with Gasteiger partial charge in [0.2, 0.25) is 5.89 Å². The maximum Gasteiger partial charge on any atom is 0.255 e. The lowest BCUT2D eigenvalue weighted by molar-refractivity contribution is 0.0948. The zero-order valence-corrected chi connectivity index (χ0v) is 16.1. The Hall–Kier alpha value is -3.80. The lowest BCUT2D eigenvalue weighted by Crippen LogP contribution is -2.23. The molecule has 0 radical (unpaired) electrons. The average molecular weight is 388 g/mol. The van der Waals surface area contributed by atoms with Gasteiger partial charge in [0, 0.05) is 18.2 Å². The number of methoxy groups -OCH3 is 2. The maximum absolute atomic E-state index is 12.5. The molecule has 29 heavy (non-hydrogen) atoms. The zero-order chi connectivity index (χ0) is 20.2. The number of oxazole rings is 1. The molecule has 4 rings (SSSR count). The Balaban J connectivity index is 1.44. The number of amides is 1. The van der Waals surface area contributed by atoms with Crippen molar-refractivity contribution in [3.8, 4) is 23.0 Å². The summed E-state index contributed by atoms with van der Waals surface area (Å²) in [6, 6.07) is 20.5. The van der Waals surface area contributed by atoms with Gasteiger partial charge in [0.1, 0.15) is 17.0 Å². The first-order valence-corrected chi connectivity index (χ1v) is 9.13. The molecule has 1 amide bonds. The molecule has 1 aromatic heterocycles. The lowest BCUT2D eigenvalue weighted by atomic mass is 10.1. The molecule has 1 heterocycles. The van der Waals surface area contributed by atoms with Crippen LogP contribution in [0.3, 0.4) is 0 Å². The van der Waals surface area contributed by atoms with Gasteiger partial charge in [0.25, 0.3) is 5.91 Å². The fraction of sp³-hybridized carbons (Fsp3) is 0.130. The summed E-state index contributed by atoms with van der Waals surface area (Å²) in [5.74, 6) is 1.46. The molecule has 3 aromatic carbocycles. The van der Waals surface area contributed by atoms with Crippen molar-refractivity contribution in [3.05, 3.63) is 77.9 Å². The number of rotatable bonds is 6. The van der Waals surface area contributed by atoms with E-state index in [-0.39, 0.29) is 5.91 Å². The van der Waals surface area contributed by atoms with Crippen LogP contribution in [0.5, 0.6) is 11.5 Å². The lowest BCUT2D eigenvalue weighted by Gasteiger charge is -2.11. The van der Waals surface area contributed by atoms with Gasteiger partial charge < -0.3 is 19.2 Å². The Kier molecular flexibility index (Phi) is 5.16. The number of aromatic nitrogens is 1. The van der Waals surface area contributed by atoms with Gasteiger partial charge in [-0.3, -0.25) is 4.79 Å². The molecule has 0 spiro atoms. The van der Waals surface area contributed by atoms with Gasteiger partial charge in [-0.05, 0) is 42.0 Å².